The van der Waals surface area contributed by atoms with Crippen molar-refractivity contribution in [2.45, 2.75) is 31.9 Å². The van der Waals surface area contributed by atoms with E-state index in [2.05, 4.69) is 15.2 Å². The van der Waals surface area contributed by atoms with E-state index in [1.165, 1.54) is 6.42 Å². The second kappa shape index (κ2) is 9.85. The number of amides is 1. The number of rotatable bonds is 7. The Morgan fingerprint density at radius 3 is 2.55 bits per heavy atom. The second-order valence-electron chi connectivity index (χ2n) is 7.91. The number of hydrogen-bond acceptors (Lipinski definition) is 5. The lowest BCUT2D eigenvalue weighted by molar-refractivity contribution is 0.0880. The van der Waals surface area contributed by atoms with Gasteiger partial charge in [0.05, 0.1) is 6.61 Å². The first kappa shape index (κ1) is 19.9. The topological polar surface area (TPSA) is 63.7 Å². The number of aromatic nitrogens is 1. The zero-order chi connectivity index (χ0) is 19.9. The number of ether oxygens (including phenoxy) is 2. The number of carbonyl (C=O) groups excluding carboxylic acids is 1. The van der Waals surface area contributed by atoms with E-state index in [9.17, 15) is 4.79 Å². The summed E-state index contributed by atoms with van der Waals surface area (Å²) in [4.78, 5) is 18.8. The van der Waals surface area contributed by atoms with Crippen molar-refractivity contribution in [2.24, 2.45) is 5.92 Å². The van der Waals surface area contributed by atoms with E-state index >= 15 is 0 Å². The Kier molecular flexibility index (Phi) is 6.75. The molecule has 6 nitrogen and oxygen atoms in total. The van der Waals surface area contributed by atoms with Crippen molar-refractivity contribution in [3.05, 3.63) is 59.9 Å². The average Bonchev–Trinajstić information content (AvgIpc) is 3.28. The van der Waals surface area contributed by atoms with Crippen molar-refractivity contribution < 1.29 is 14.3 Å². The predicted octanol–water partition coefficient (Wildman–Crippen LogP) is 2.89. The molecule has 2 aliphatic rings. The van der Waals surface area contributed by atoms with Crippen LogP contribution in [-0.4, -0.2) is 54.7 Å². The van der Waals surface area contributed by atoms with E-state index in [1.54, 1.807) is 12.4 Å². The van der Waals surface area contributed by atoms with Crippen molar-refractivity contribution in [1.82, 2.24) is 15.2 Å². The molecule has 0 saturated carbocycles. The number of nitrogens with zero attached hydrogens (tertiary/aromatic N) is 2. The molecule has 6 heteroatoms. The summed E-state index contributed by atoms with van der Waals surface area (Å²) in [5, 5.41) is 2.93. The third-order valence-corrected chi connectivity index (χ3v) is 5.70. The molecule has 29 heavy (non-hydrogen) atoms. The molecule has 1 aromatic heterocycles. The maximum absolute atomic E-state index is 12.3. The number of piperidine rings is 1. The van der Waals surface area contributed by atoms with Crippen LogP contribution in [0.3, 0.4) is 0 Å². The first-order valence-electron chi connectivity index (χ1n) is 10.5. The summed E-state index contributed by atoms with van der Waals surface area (Å²) in [5.41, 5.74) is 1.67. The first-order chi connectivity index (χ1) is 14.3. The van der Waals surface area contributed by atoms with Gasteiger partial charge in [0, 0.05) is 50.7 Å². The Balaban J connectivity index is 1.21. The quantitative estimate of drug-likeness (QED) is 0.781. The van der Waals surface area contributed by atoms with Crippen molar-refractivity contribution >= 4 is 5.91 Å². The highest BCUT2D eigenvalue weighted by atomic mass is 16.5. The number of hydrogen-bond donors (Lipinski definition) is 1. The van der Waals surface area contributed by atoms with E-state index in [0.717, 1.165) is 57.0 Å². The monoisotopic (exact) mass is 395 g/mol. The summed E-state index contributed by atoms with van der Waals surface area (Å²) in [6, 6.07) is 11.2. The minimum atomic E-state index is -0.0856. The smallest absolute Gasteiger partial charge is 0.251 e. The van der Waals surface area contributed by atoms with Crippen molar-refractivity contribution in [3.63, 3.8) is 0 Å². The maximum atomic E-state index is 12.3. The Labute approximate surface area is 172 Å². The zero-order valence-electron chi connectivity index (χ0n) is 16.8. The molecule has 1 amide bonds. The van der Waals surface area contributed by atoms with Gasteiger partial charge in [0.25, 0.3) is 5.91 Å². The van der Waals surface area contributed by atoms with Gasteiger partial charge in [-0.15, -0.1) is 0 Å². The fourth-order valence-electron chi connectivity index (χ4n) is 3.96. The lowest BCUT2D eigenvalue weighted by Gasteiger charge is -2.33. The summed E-state index contributed by atoms with van der Waals surface area (Å²) in [5.74, 6) is 1.45. The highest BCUT2D eigenvalue weighted by Gasteiger charge is 2.24. The fraction of sp³-hybridized carbons (Fsp3) is 0.478. The van der Waals surface area contributed by atoms with Crippen LogP contribution in [0.1, 0.15) is 35.2 Å². The van der Waals surface area contributed by atoms with Gasteiger partial charge in [-0.2, -0.15) is 0 Å². The fourth-order valence-corrected chi connectivity index (χ4v) is 3.96. The van der Waals surface area contributed by atoms with E-state index in [1.807, 2.05) is 36.4 Å². The molecule has 4 rings (SSSR count). The molecule has 1 unspecified atom stereocenters. The van der Waals surface area contributed by atoms with Crippen molar-refractivity contribution in [1.29, 1.82) is 0 Å². The van der Waals surface area contributed by atoms with Gasteiger partial charge in [0.2, 0.25) is 0 Å². The molecule has 2 fully saturated rings. The zero-order valence-corrected chi connectivity index (χ0v) is 16.8. The van der Waals surface area contributed by atoms with Gasteiger partial charge in [0.1, 0.15) is 11.9 Å². The number of benzene rings is 1. The summed E-state index contributed by atoms with van der Waals surface area (Å²) >= 11 is 0. The Morgan fingerprint density at radius 1 is 1.10 bits per heavy atom. The van der Waals surface area contributed by atoms with Crippen molar-refractivity contribution in [2.75, 3.05) is 32.8 Å². The van der Waals surface area contributed by atoms with Crippen LogP contribution in [0, 0.1) is 5.92 Å². The van der Waals surface area contributed by atoms with Gasteiger partial charge in [-0.3, -0.25) is 9.78 Å². The van der Waals surface area contributed by atoms with Gasteiger partial charge in [-0.25, -0.2) is 0 Å². The molecule has 1 aromatic carbocycles. The number of nitrogens with one attached hydrogen (secondary N) is 1. The van der Waals surface area contributed by atoms with Crippen LogP contribution >= 0.6 is 0 Å². The van der Waals surface area contributed by atoms with Crippen LogP contribution in [0.25, 0.3) is 0 Å². The molecule has 1 atom stereocenters. The van der Waals surface area contributed by atoms with Gasteiger partial charge < -0.3 is 19.7 Å². The molecule has 0 spiro atoms. The SMILES string of the molecule is O=C(NCc1ccncc1)c1ccc(OC2CCN(CC3CCOC3)CC2)cc1. The largest absolute Gasteiger partial charge is 0.490 e. The molecule has 0 radical (unpaired) electrons. The number of likely N-dealkylation sites (tertiary alicyclic amines) is 1. The predicted molar refractivity (Wildman–Crippen MR) is 111 cm³/mol. The molecule has 2 aromatic rings. The lowest BCUT2D eigenvalue weighted by atomic mass is 10.0. The number of pyridine rings is 1. The summed E-state index contributed by atoms with van der Waals surface area (Å²) in [7, 11) is 0. The third kappa shape index (κ3) is 5.78. The molecule has 154 valence electrons. The minimum Gasteiger partial charge on any atom is -0.490 e. The minimum absolute atomic E-state index is 0.0856. The van der Waals surface area contributed by atoms with Crippen LogP contribution in [0.15, 0.2) is 48.8 Å². The summed E-state index contributed by atoms with van der Waals surface area (Å²) < 4.78 is 11.6. The normalized spacial score (nSPS) is 20.5. The van der Waals surface area contributed by atoms with Crippen LogP contribution in [0.5, 0.6) is 5.75 Å². The maximum Gasteiger partial charge on any atom is 0.251 e. The Morgan fingerprint density at radius 2 is 1.86 bits per heavy atom. The Bertz CT molecular complexity index is 768. The van der Waals surface area contributed by atoms with E-state index in [4.69, 9.17) is 9.47 Å². The van der Waals surface area contributed by atoms with Gasteiger partial charge >= 0.3 is 0 Å². The molecule has 1 N–H and O–H groups in total. The average molecular weight is 396 g/mol. The molecular weight excluding hydrogens is 366 g/mol. The first-order valence-corrected chi connectivity index (χ1v) is 10.5. The van der Waals surface area contributed by atoms with Crippen LogP contribution in [0.4, 0.5) is 0 Å². The molecular formula is C23H29N3O3. The standard InChI is InChI=1S/C23H29N3O3/c27-23(25-15-18-5-10-24-11-6-18)20-1-3-21(4-2-20)29-22-7-12-26(13-8-22)16-19-9-14-28-17-19/h1-6,10-11,19,22H,7-9,12-17H2,(H,25,27). The lowest BCUT2D eigenvalue weighted by Crippen LogP contribution is -2.40. The molecule has 3 heterocycles. The number of carbonyl (C=O) groups is 1. The van der Waals surface area contributed by atoms with Gasteiger partial charge in [0.15, 0.2) is 0 Å². The van der Waals surface area contributed by atoms with Crippen LogP contribution in [0.2, 0.25) is 0 Å². The van der Waals surface area contributed by atoms with Crippen molar-refractivity contribution in [3.8, 4) is 5.75 Å². The molecule has 0 aliphatic carbocycles. The third-order valence-electron chi connectivity index (χ3n) is 5.70. The molecule has 2 aliphatic heterocycles. The van der Waals surface area contributed by atoms with E-state index in [-0.39, 0.29) is 12.0 Å². The molecule has 0 bridgehead atoms. The van der Waals surface area contributed by atoms with E-state index in [0.29, 0.717) is 18.0 Å². The summed E-state index contributed by atoms with van der Waals surface area (Å²) in [6.45, 7) is 5.63. The Hall–Kier alpha value is -2.44. The highest BCUT2D eigenvalue weighted by Crippen LogP contribution is 2.22. The van der Waals surface area contributed by atoms with Crippen LogP contribution < -0.4 is 10.1 Å². The second-order valence-corrected chi connectivity index (χ2v) is 7.91. The van der Waals surface area contributed by atoms with E-state index < -0.39 is 0 Å². The highest BCUT2D eigenvalue weighted by molar-refractivity contribution is 5.94. The van der Waals surface area contributed by atoms with Crippen LogP contribution in [-0.2, 0) is 11.3 Å². The van der Waals surface area contributed by atoms with Gasteiger partial charge in [-0.05, 0) is 67.1 Å². The molecule has 2 saturated heterocycles. The van der Waals surface area contributed by atoms with Gasteiger partial charge in [-0.1, -0.05) is 0 Å². The summed E-state index contributed by atoms with van der Waals surface area (Å²) in [6.07, 6.45) is 6.97.